The average Bonchev–Trinajstić information content (AvgIpc) is 2.95. The molecule has 1 fully saturated rings. The van der Waals surface area contributed by atoms with Crippen molar-refractivity contribution >= 4 is 5.69 Å². The molecular formula is C17H23N3. The van der Waals surface area contributed by atoms with Crippen molar-refractivity contribution in [2.75, 3.05) is 5.32 Å². The van der Waals surface area contributed by atoms with Crippen molar-refractivity contribution in [2.24, 2.45) is 5.92 Å². The summed E-state index contributed by atoms with van der Waals surface area (Å²) in [7, 11) is 0. The number of nitrogens with one attached hydrogen (secondary N) is 1. The van der Waals surface area contributed by atoms with E-state index in [0.29, 0.717) is 6.04 Å². The first-order chi connectivity index (χ1) is 9.81. The largest absolute Gasteiger partial charge is 0.382 e. The van der Waals surface area contributed by atoms with Crippen molar-refractivity contribution in [2.45, 2.75) is 45.2 Å². The summed E-state index contributed by atoms with van der Waals surface area (Å²) in [5.41, 5.74) is 2.57. The Labute approximate surface area is 121 Å². The maximum absolute atomic E-state index is 4.09. The molecule has 2 atom stereocenters. The Balaban J connectivity index is 1.67. The smallest absolute Gasteiger partial charge is 0.0949 e. The van der Waals surface area contributed by atoms with Gasteiger partial charge in [-0.25, -0.2) is 4.98 Å². The third-order valence-electron chi connectivity index (χ3n) is 4.31. The SMILES string of the molecule is CC1CCCCC1Nc1cccc(Cn2ccnc2)c1. The summed E-state index contributed by atoms with van der Waals surface area (Å²) in [6, 6.07) is 9.39. The van der Waals surface area contributed by atoms with E-state index in [1.54, 1.807) is 0 Å². The van der Waals surface area contributed by atoms with Gasteiger partial charge < -0.3 is 9.88 Å². The Hall–Kier alpha value is -1.77. The number of imidazole rings is 1. The number of nitrogens with zero attached hydrogens (tertiary/aromatic N) is 2. The van der Waals surface area contributed by atoms with E-state index in [2.05, 4.69) is 46.1 Å². The molecule has 0 spiro atoms. The zero-order valence-corrected chi connectivity index (χ0v) is 12.1. The highest BCUT2D eigenvalue weighted by molar-refractivity contribution is 5.46. The first kappa shape index (κ1) is 13.2. The van der Waals surface area contributed by atoms with Crippen LogP contribution in [0.5, 0.6) is 0 Å². The topological polar surface area (TPSA) is 29.9 Å². The van der Waals surface area contributed by atoms with Crippen LogP contribution < -0.4 is 5.32 Å². The van der Waals surface area contributed by atoms with Crippen LogP contribution >= 0.6 is 0 Å². The van der Waals surface area contributed by atoms with Crippen LogP contribution in [0.4, 0.5) is 5.69 Å². The molecule has 1 N–H and O–H groups in total. The van der Waals surface area contributed by atoms with Crippen LogP contribution in [0.25, 0.3) is 0 Å². The summed E-state index contributed by atoms with van der Waals surface area (Å²) in [6.45, 7) is 3.25. The van der Waals surface area contributed by atoms with Crippen LogP contribution in [0.2, 0.25) is 0 Å². The molecule has 1 aromatic heterocycles. The fourth-order valence-corrected chi connectivity index (χ4v) is 3.10. The van der Waals surface area contributed by atoms with Crippen LogP contribution in [-0.4, -0.2) is 15.6 Å². The average molecular weight is 269 g/mol. The normalized spacial score (nSPS) is 22.6. The number of anilines is 1. The summed E-state index contributed by atoms with van der Waals surface area (Å²) in [6.07, 6.45) is 11.1. The van der Waals surface area contributed by atoms with Gasteiger partial charge in [-0.2, -0.15) is 0 Å². The summed E-state index contributed by atoms with van der Waals surface area (Å²) in [4.78, 5) is 4.09. The van der Waals surface area contributed by atoms with Crippen molar-refractivity contribution in [3.63, 3.8) is 0 Å². The van der Waals surface area contributed by atoms with Gasteiger partial charge in [-0.3, -0.25) is 0 Å². The monoisotopic (exact) mass is 269 g/mol. The molecule has 1 aromatic carbocycles. The minimum absolute atomic E-state index is 0.632. The van der Waals surface area contributed by atoms with E-state index in [-0.39, 0.29) is 0 Å². The second kappa shape index (κ2) is 6.12. The lowest BCUT2D eigenvalue weighted by molar-refractivity contribution is 0.349. The second-order valence-electron chi connectivity index (χ2n) is 5.95. The van der Waals surface area contributed by atoms with E-state index in [4.69, 9.17) is 0 Å². The Kier molecular flexibility index (Phi) is 4.05. The lowest BCUT2D eigenvalue weighted by Gasteiger charge is -2.30. The van der Waals surface area contributed by atoms with Gasteiger partial charge in [0, 0.05) is 30.7 Å². The van der Waals surface area contributed by atoms with Gasteiger partial charge in [0.2, 0.25) is 0 Å². The first-order valence-corrected chi connectivity index (χ1v) is 7.62. The summed E-state index contributed by atoms with van der Waals surface area (Å²) >= 11 is 0. The maximum Gasteiger partial charge on any atom is 0.0949 e. The van der Waals surface area contributed by atoms with E-state index >= 15 is 0 Å². The quantitative estimate of drug-likeness (QED) is 0.911. The van der Waals surface area contributed by atoms with Crippen LogP contribution in [0, 0.1) is 5.92 Å². The zero-order valence-electron chi connectivity index (χ0n) is 12.1. The van der Waals surface area contributed by atoms with Gasteiger partial charge in [0.1, 0.15) is 0 Å². The third-order valence-corrected chi connectivity index (χ3v) is 4.31. The zero-order chi connectivity index (χ0) is 13.8. The Bertz CT molecular complexity index is 533. The summed E-state index contributed by atoms with van der Waals surface area (Å²) in [5, 5.41) is 3.73. The van der Waals surface area contributed by atoms with Crippen LogP contribution in [-0.2, 0) is 6.54 Å². The molecule has 0 radical (unpaired) electrons. The van der Waals surface area contributed by atoms with Gasteiger partial charge in [0.15, 0.2) is 0 Å². The number of hydrogen-bond acceptors (Lipinski definition) is 2. The van der Waals surface area contributed by atoms with E-state index in [1.165, 1.54) is 36.9 Å². The molecule has 20 heavy (non-hydrogen) atoms. The van der Waals surface area contributed by atoms with E-state index in [1.807, 2.05) is 18.7 Å². The molecule has 1 aliphatic rings. The van der Waals surface area contributed by atoms with Crippen molar-refractivity contribution in [1.29, 1.82) is 0 Å². The number of aromatic nitrogens is 2. The van der Waals surface area contributed by atoms with Crippen molar-refractivity contribution in [3.05, 3.63) is 48.5 Å². The standard InChI is InChI=1S/C17H23N3/c1-14-5-2-3-8-17(14)19-16-7-4-6-15(11-16)12-20-10-9-18-13-20/h4,6-7,9-11,13-14,17,19H,2-3,5,8,12H2,1H3. The molecule has 2 aromatic rings. The Morgan fingerprint density at radius 1 is 1.30 bits per heavy atom. The molecule has 3 rings (SSSR count). The van der Waals surface area contributed by atoms with Gasteiger partial charge in [-0.05, 0) is 36.5 Å². The second-order valence-corrected chi connectivity index (χ2v) is 5.95. The van der Waals surface area contributed by atoms with Crippen molar-refractivity contribution in [3.8, 4) is 0 Å². The molecule has 3 nitrogen and oxygen atoms in total. The lowest BCUT2D eigenvalue weighted by atomic mass is 9.86. The van der Waals surface area contributed by atoms with Crippen LogP contribution in [0.1, 0.15) is 38.2 Å². The molecule has 0 bridgehead atoms. The van der Waals surface area contributed by atoms with E-state index in [9.17, 15) is 0 Å². The fourth-order valence-electron chi connectivity index (χ4n) is 3.10. The molecule has 3 heteroatoms. The van der Waals surface area contributed by atoms with Gasteiger partial charge >= 0.3 is 0 Å². The Morgan fingerprint density at radius 2 is 2.20 bits per heavy atom. The highest BCUT2D eigenvalue weighted by atomic mass is 15.0. The molecule has 1 saturated carbocycles. The number of hydrogen-bond donors (Lipinski definition) is 1. The van der Waals surface area contributed by atoms with Gasteiger partial charge in [0.25, 0.3) is 0 Å². The summed E-state index contributed by atoms with van der Waals surface area (Å²) in [5.74, 6) is 0.779. The molecular weight excluding hydrogens is 246 g/mol. The number of rotatable bonds is 4. The lowest BCUT2D eigenvalue weighted by Crippen LogP contribution is -2.30. The Morgan fingerprint density at radius 3 is 3.00 bits per heavy atom. The van der Waals surface area contributed by atoms with Crippen LogP contribution in [0.15, 0.2) is 43.0 Å². The van der Waals surface area contributed by atoms with Gasteiger partial charge in [0.05, 0.1) is 6.33 Å². The number of benzene rings is 1. The molecule has 1 heterocycles. The van der Waals surface area contributed by atoms with E-state index in [0.717, 1.165) is 12.5 Å². The highest BCUT2D eigenvalue weighted by Gasteiger charge is 2.20. The minimum Gasteiger partial charge on any atom is -0.382 e. The molecule has 0 saturated heterocycles. The predicted octanol–water partition coefficient (Wildman–Crippen LogP) is 3.92. The maximum atomic E-state index is 4.09. The van der Waals surface area contributed by atoms with Gasteiger partial charge in [-0.15, -0.1) is 0 Å². The first-order valence-electron chi connectivity index (χ1n) is 7.62. The molecule has 0 aliphatic heterocycles. The molecule has 106 valence electrons. The molecule has 1 aliphatic carbocycles. The summed E-state index contributed by atoms with van der Waals surface area (Å²) < 4.78 is 2.10. The van der Waals surface area contributed by atoms with E-state index < -0.39 is 0 Å². The minimum atomic E-state index is 0.632. The predicted molar refractivity (Wildman–Crippen MR) is 82.8 cm³/mol. The van der Waals surface area contributed by atoms with Crippen molar-refractivity contribution in [1.82, 2.24) is 9.55 Å². The molecule has 2 unspecified atom stereocenters. The highest BCUT2D eigenvalue weighted by Crippen LogP contribution is 2.27. The van der Waals surface area contributed by atoms with Crippen molar-refractivity contribution < 1.29 is 0 Å². The van der Waals surface area contributed by atoms with Gasteiger partial charge in [-0.1, -0.05) is 31.9 Å². The third kappa shape index (κ3) is 3.21. The fraction of sp³-hybridized carbons (Fsp3) is 0.471. The van der Waals surface area contributed by atoms with Crippen LogP contribution in [0.3, 0.4) is 0 Å². The molecule has 0 amide bonds.